The maximum Gasteiger partial charge on any atom is 0.251 e. The molecule has 0 aliphatic carbocycles. The molecule has 392 valence electrons. The van der Waals surface area contributed by atoms with Gasteiger partial charge < -0.3 is 58.1 Å². The van der Waals surface area contributed by atoms with Crippen LogP contribution < -0.4 is 48.3 Å². The number of carbonyl (C=O) groups excluding carboxylic acids is 7. The van der Waals surface area contributed by atoms with Crippen LogP contribution in [0.5, 0.6) is 0 Å². The molecule has 7 amide bonds. The number of carbonyl (C=O) groups is 7. The Kier molecular flexibility index (Phi) is 19.9. The minimum atomic E-state index is -0.881. The Morgan fingerprint density at radius 1 is 0.597 bits per heavy atom. The molecule has 0 radical (unpaired) electrons. The van der Waals surface area contributed by atoms with Crippen molar-refractivity contribution in [3.8, 4) is 0 Å². The van der Waals surface area contributed by atoms with Crippen LogP contribution in [-0.4, -0.2) is 134 Å². The van der Waals surface area contributed by atoms with Crippen LogP contribution in [0.3, 0.4) is 0 Å². The van der Waals surface area contributed by atoms with Crippen molar-refractivity contribution in [1.29, 1.82) is 0 Å². The van der Waals surface area contributed by atoms with E-state index in [1.165, 1.54) is 23.1 Å². The van der Waals surface area contributed by atoms with Crippen molar-refractivity contribution >= 4 is 47.0 Å². The third kappa shape index (κ3) is 15.1. The van der Waals surface area contributed by atoms with Crippen molar-refractivity contribution in [1.82, 2.24) is 52.3 Å². The van der Waals surface area contributed by atoms with E-state index in [4.69, 9.17) is 5.73 Å². The van der Waals surface area contributed by atoms with Crippen LogP contribution in [0.4, 0.5) is 5.69 Å². The lowest BCUT2D eigenvalue weighted by Crippen LogP contribution is -2.59. The van der Waals surface area contributed by atoms with Gasteiger partial charge in [-0.15, -0.1) is 0 Å². The second kappa shape index (κ2) is 25.3. The lowest BCUT2D eigenvalue weighted by molar-refractivity contribution is -0.144. The van der Waals surface area contributed by atoms with Crippen molar-refractivity contribution in [3.63, 3.8) is 0 Å². The number of amides is 7. The Balaban J connectivity index is 1.26. The zero-order valence-electron chi connectivity index (χ0n) is 43.8. The Labute approximate surface area is 425 Å². The first kappa shape index (κ1) is 56.5. The summed E-state index contributed by atoms with van der Waals surface area (Å²) < 4.78 is 0. The van der Waals surface area contributed by atoms with Crippen molar-refractivity contribution < 1.29 is 33.6 Å². The molecular weight excluding hydrogens is 915 g/mol. The molecule has 2 aliphatic heterocycles. The largest absolute Gasteiger partial charge is 0.399 e. The average Bonchev–Trinajstić information content (AvgIpc) is 4.06. The van der Waals surface area contributed by atoms with Gasteiger partial charge in [-0.25, -0.2) is 0 Å². The molecule has 18 nitrogen and oxygen atoms in total. The Morgan fingerprint density at radius 3 is 1.43 bits per heavy atom. The third-order valence-electron chi connectivity index (χ3n) is 13.6. The molecule has 2 fully saturated rings. The van der Waals surface area contributed by atoms with Crippen LogP contribution in [0.1, 0.15) is 125 Å². The normalized spacial score (nSPS) is 18.5. The van der Waals surface area contributed by atoms with Gasteiger partial charge in [-0.05, 0) is 93.8 Å². The van der Waals surface area contributed by atoms with Gasteiger partial charge in [0, 0.05) is 55.6 Å². The molecule has 0 spiro atoms. The second-order valence-electron chi connectivity index (χ2n) is 21.3. The standard InChI is InChI=1S/C54H79N11O7/c1-33(56-9)30-58-44(53(3,4)5)51(71)64-25-17-23-42(64)49(69)61-40(35-19-13-11-14-20-35)31-59-47(67)37-27-38(29-39(55)28-37)48(68)60-32-41(36-21-15-12-16-22-36)62-50(70)43-24-18-26-65(43)52(72)45(54(6,7)8)63-46(66)34(2)57-10/h11-16,19-22,27-29,33-34,40-45,56-58H,17-18,23-26,30-32,55H2,1-10H3,(H,59,67)(H,60,68)(H,61,69)(H,62,70)(H,63,66). The molecule has 72 heavy (non-hydrogen) atoms. The maximum absolute atomic E-state index is 14.1. The topological polar surface area (TPSA) is 248 Å². The van der Waals surface area contributed by atoms with Crippen LogP contribution in [0.2, 0.25) is 0 Å². The van der Waals surface area contributed by atoms with Crippen LogP contribution in [-0.2, 0) is 24.0 Å². The molecule has 3 aromatic rings. The van der Waals surface area contributed by atoms with Gasteiger partial charge >= 0.3 is 0 Å². The van der Waals surface area contributed by atoms with E-state index in [0.717, 1.165) is 5.56 Å². The molecule has 0 bridgehead atoms. The number of hydrogen-bond donors (Lipinski definition) is 9. The summed E-state index contributed by atoms with van der Waals surface area (Å²) in [6, 6.07) is 18.1. The molecule has 10 N–H and O–H groups in total. The predicted octanol–water partition coefficient (Wildman–Crippen LogP) is 3.18. The van der Waals surface area contributed by atoms with Crippen LogP contribution in [0.25, 0.3) is 0 Å². The smallest absolute Gasteiger partial charge is 0.251 e. The van der Waals surface area contributed by atoms with Crippen molar-refractivity contribution in [2.75, 3.05) is 52.6 Å². The fourth-order valence-electron chi connectivity index (χ4n) is 9.06. The molecule has 8 atom stereocenters. The highest BCUT2D eigenvalue weighted by atomic mass is 16.2. The van der Waals surface area contributed by atoms with Gasteiger partial charge in [0.15, 0.2) is 0 Å². The van der Waals surface area contributed by atoms with E-state index in [-0.39, 0.29) is 59.6 Å². The highest BCUT2D eigenvalue weighted by molar-refractivity contribution is 6.01. The first-order valence-electron chi connectivity index (χ1n) is 25.2. The molecule has 0 saturated carbocycles. The number of rotatable bonds is 21. The van der Waals surface area contributed by atoms with E-state index in [1.54, 1.807) is 18.9 Å². The number of hydrogen-bond acceptors (Lipinski definition) is 11. The summed E-state index contributed by atoms with van der Waals surface area (Å²) in [6.45, 7) is 16.7. The summed E-state index contributed by atoms with van der Waals surface area (Å²) in [5, 5.41) is 24.4. The molecule has 3 aromatic carbocycles. The lowest BCUT2D eigenvalue weighted by atomic mass is 9.85. The number of nitrogen functional groups attached to an aromatic ring is 1. The van der Waals surface area contributed by atoms with E-state index in [9.17, 15) is 33.6 Å². The molecule has 18 heteroatoms. The number of likely N-dealkylation sites (N-methyl/N-ethyl adjacent to an activating group) is 2. The van der Waals surface area contributed by atoms with Gasteiger partial charge in [-0.1, -0.05) is 102 Å². The summed E-state index contributed by atoms with van der Waals surface area (Å²) in [7, 11) is 3.53. The minimum absolute atomic E-state index is 0.0107. The molecule has 8 unspecified atom stereocenters. The SMILES string of the molecule is CNC(C)CNC(C(=O)N1CCCC1C(=O)NC(CNC(=O)c1cc(N)cc(C(=O)NCC(NC(=O)C2CCCN2C(=O)C(NC(=O)C(C)NC)C(C)(C)C)c2ccccc2)c1)c1ccccc1)C(C)(C)C. The third-order valence-corrected chi connectivity index (χ3v) is 13.6. The van der Waals surface area contributed by atoms with Gasteiger partial charge in [0.2, 0.25) is 29.5 Å². The van der Waals surface area contributed by atoms with Gasteiger partial charge in [0.05, 0.1) is 24.2 Å². The zero-order valence-corrected chi connectivity index (χ0v) is 43.8. The summed E-state index contributed by atoms with van der Waals surface area (Å²) in [6.07, 6.45) is 2.19. The van der Waals surface area contributed by atoms with Crippen molar-refractivity contribution in [3.05, 3.63) is 101 Å². The summed E-state index contributed by atoms with van der Waals surface area (Å²) in [5.41, 5.74) is 7.07. The molecular formula is C54H79N11O7. The monoisotopic (exact) mass is 994 g/mol. The van der Waals surface area contributed by atoms with E-state index in [2.05, 4.69) is 42.5 Å². The lowest BCUT2D eigenvalue weighted by Gasteiger charge is -2.36. The van der Waals surface area contributed by atoms with Gasteiger partial charge in [0.1, 0.15) is 18.1 Å². The van der Waals surface area contributed by atoms with Gasteiger partial charge in [-0.3, -0.25) is 33.6 Å². The molecule has 0 aromatic heterocycles. The number of nitrogens with two attached hydrogens (primary N) is 1. The number of likely N-dealkylation sites (tertiary alicyclic amines) is 2. The van der Waals surface area contributed by atoms with Crippen LogP contribution in [0, 0.1) is 10.8 Å². The summed E-state index contributed by atoms with van der Waals surface area (Å²) in [4.78, 5) is 100. The highest BCUT2D eigenvalue weighted by Gasteiger charge is 2.44. The molecule has 2 heterocycles. The number of benzene rings is 3. The Morgan fingerprint density at radius 2 is 1.03 bits per heavy atom. The quantitative estimate of drug-likeness (QED) is 0.0702. The number of anilines is 1. The fourth-order valence-corrected chi connectivity index (χ4v) is 9.06. The first-order chi connectivity index (χ1) is 34.0. The maximum atomic E-state index is 14.1. The molecule has 2 aliphatic rings. The first-order valence-corrected chi connectivity index (χ1v) is 25.2. The van der Waals surface area contributed by atoms with E-state index < -0.39 is 70.8 Å². The Bertz CT molecular complexity index is 2350. The molecule has 2 saturated heterocycles. The van der Waals surface area contributed by atoms with Crippen molar-refractivity contribution in [2.45, 2.75) is 129 Å². The van der Waals surface area contributed by atoms with Gasteiger partial charge in [0.25, 0.3) is 11.8 Å². The van der Waals surface area contributed by atoms with Crippen LogP contribution >= 0.6 is 0 Å². The van der Waals surface area contributed by atoms with E-state index >= 15 is 0 Å². The Hall–Kier alpha value is -6.37. The van der Waals surface area contributed by atoms with Crippen molar-refractivity contribution in [2.24, 2.45) is 10.8 Å². The second-order valence-corrected chi connectivity index (χ2v) is 21.3. The van der Waals surface area contributed by atoms with Gasteiger partial charge in [-0.2, -0.15) is 0 Å². The van der Waals surface area contributed by atoms with Crippen LogP contribution in [0.15, 0.2) is 78.9 Å². The number of nitrogens with zero attached hydrogens (tertiary/aromatic N) is 2. The average molecular weight is 994 g/mol. The fraction of sp³-hybridized carbons (Fsp3) is 0.537. The minimum Gasteiger partial charge on any atom is -0.399 e. The van der Waals surface area contributed by atoms with E-state index in [1.807, 2.05) is 116 Å². The highest BCUT2D eigenvalue weighted by Crippen LogP contribution is 2.29. The number of nitrogens with one attached hydrogen (secondary N) is 8. The van der Waals surface area contributed by atoms with E-state index in [0.29, 0.717) is 50.9 Å². The zero-order chi connectivity index (χ0) is 52.9. The predicted molar refractivity (Wildman–Crippen MR) is 279 cm³/mol. The summed E-state index contributed by atoms with van der Waals surface area (Å²) >= 11 is 0. The summed E-state index contributed by atoms with van der Waals surface area (Å²) in [5.74, 6) is -2.61. The molecule has 5 rings (SSSR count).